The van der Waals surface area contributed by atoms with Crippen LogP contribution < -0.4 is 10.6 Å². The van der Waals surface area contributed by atoms with E-state index < -0.39 is 0 Å². The Morgan fingerprint density at radius 1 is 1.47 bits per heavy atom. The molecule has 1 aliphatic carbocycles. The van der Waals surface area contributed by atoms with Crippen molar-refractivity contribution in [1.29, 1.82) is 0 Å². The van der Waals surface area contributed by atoms with Gasteiger partial charge in [0.15, 0.2) is 5.96 Å². The molecule has 0 aromatic carbocycles. The topological polar surface area (TPSA) is 49.3 Å². The average molecular weight is 378 g/mol. The molecule has 1 aliphatic rings. The van der Waals surface area contributed by atoms with E-state index in [1.165, 1.54) is 31.7 Å². The van der Waals surface area contributed by atoms with Crippen molar-refractivity contribution in [2.45, 2.75) is 38.3 Å². The second-order valence-electron chi connectivity index (χ2n) is 4.48. The minimum absolute atomic E-state index is 0. The molecule has 1 heterocycles. The smallest absolute Gasteiger partial charge is 0.191 e. The van der Waals surface area contributed by atoms with Crippen molar-refractivity contribution >= 4 is 29.9 Å². The molecule has 1 aromatic heterocycles. The van der Waals surface area contributed by atoms with E-state index in [2.05, 4.69) is 20.6 Å². The maximum Gasteiger partial charge on any atom is 0.191 e. The van der Waals surface area contributed by atoms with Gasteiger partial charge in [0.25, 0.3) is 0 Å². The lowest BCUT2D eigenvalue weighted by Crippen LogP contribution is -2.42. The van der Waals surface area contributed by atoms with Gasteiger partial charge in [-0.2, -0.15) is 0 Å². The number of rotatable bonds is 3. The molecule has 0 bridgehead atoms. The summed E-state index contributed by atoms with van der Waals surface area (Å²) >= 11 is 0. The molecule has 0 aliphatic heterocycles. The van der Waals surface area contributed by atoms with Gasteiger partial charge in [-0.1, -0.05) is 12.8 Å². The summed E-state index contributed by atoms with van der Waals surface area (Å²) in [4.78, 5) is 8.14. The van der Waals surface area contributed by atoms with Crippen LogP contribution in [0.25, 0.3) is 0 Å². The van der Waals surface area contributed by atoms with Crippen LogP contribution in [-0.2, 0) is 6.54 Å². The molecule has 0 amide bonds. The fourth-order valence-corrected chi connectivity index (χ4v) is 2.17. The number of pyridine rings is 1. The van der Waals surface area contributed by atoms with Crippen molar-refractivity contribution in [2.24, 2.45) is 4.99 Å². The second-order valence-corrected chi connectivity index (χ2v) is 4.48. The molecule has 1 saturated carbocycles. The number of hydrogen-bond acceptors (Lipinski definition) is 2. The molecule has 6 heteroatoms. The van der Waals surface area contributed by atoms with Crippen LogP contribution >= 0.6 is 24.0 Å². The number of nitrogens with one attached hydrogen (secondary N) is 2. The first-order valence-electron chi connectivity index (χ1n) is 6.36. The van der Waals surface area contributed by atoms with Crippen LogP contribution in [0, 0.1) is 5.82 Å². The zero-order valence-electron chi connectivity index (χ0n) is 11.0. The molecule has 1 aromatic rings. The summed E-state index contributed by atoms with van der Waals surface area (Å²) in [6.45, 7) is 0.346. The Bertz CT molecular complexity index is 419. The van der Waals surface area contributed by atoms with Crippen molar-refractivity contribution in [3.63, 3.8) is 0 Å². The highest BCUT2D eigenvalue weighted by Crippen LogP contribution is 2.17. The van der Waals surface area contributed by atoms with E-state index >= 15 is 0 Å². The Hall–Kier alpha value is -0.920. The van der Waals surface area contributed by atoms with Crippen molar-refractivity contribution < 1.29 is 4.39 Å². The van der Waals surface area contributed by atoms with Crippen LogP contribution in [0.1, 0.15) is 31.4 Å². The van der Waals surface area contributed by atoms with Crippen LogP contribution in [0.15, 0.2) is 23.3 Å². The lowest BCUT2D eigenvalue weighted by atomic mass is 10.2. The Morgan fingerprint density at radius 3 is 2.84 bits per heavy atom. The molecule has 19 heavy (non-hydrogen) atoms. The molecule has 2 N–H and O–H groups in total. The molecule has 0 saturated heterocycles. The molecule has 106 valence electrons. The minimum atomic E-state index is -0.290. The van der Waals surface area contributed by atoms with Crippen molar-refractivity contribution in [3.8, 4) is 0 Å². The van der Waals surface area contributed by atoms with E-state index in [1.807, 2.05) is 0 Å². The van der Waals surface area contributed by atoms with E-state index in [0.717, 1.165) is 0 Å². The summed E-state index contributed by atoms with van der Waals surface area (Å²) in [6.07, 6.45) is 6.48. The first-order valence-corrected chi connectivity index (χ1v) is 6.36. The molecular formula is C13H20FIN4. The summed E-state index contributed by atoms with van der Waals surface area (Å²) in [5.74, 6) is 0.424. The van der Waals surface area contributed by atoms with Gasteiger partial charge in [0.1, 0.15) is 5.82 Å². The monoisotopic (exact) mass is 378 g/mol. The van der Waals surface area contributed by atoms with Crippen molar-refractivity contribution in [1.82, 2.24) is 15.6 Å². The Morgan fingerprint density at radius 2 is 2.21 bits per heavy atom. The molecule has 0 spiro atoms. The van der Waals surface area contributed by atoms with Gasteiger partial charge in [-0.05, 0) is 25.0 Å². The lowest BCUT2D eigenvalue weighted by Gasteiger charge is -2.16. The highest BCUT2D eigenvalue weighted by atomic mass is 127. The van der Waals surface area contributed by atoms with E-state index in [4.69, 9.17) is 0 Å². The molecule has 0 unspecified atom stereocenters. The van der Waals surface area contributed by atoms with Gasteiger partial charge in [-0.15, -0.1) is 24.0 Å². The minimum Gasteiger partial charge on any atom is -0.354 e. The normalized spacial score (nSPS) is 16.0. The third kappa shape index (κ3) is 4.93. The number of guanidine groups is 1. The molecule has 4 nitrogen and oxygen atoms in total. The van der Waals surface area contributed by atoms with Gasteiger partial charge in [0, 0.05) is 19.3 Å². The first-order chi connectivity index (χ1) is 8.79. The van der Waals surface area contributed by atoms with Crippen LogP contribution in [0.4, 0.5) is 4.39 Å². The van der Waals surface area contributed by atoms with Crippen LogP contribution in [0.3, 0.4) is 0 Å². The summed E-state index contributed by atoms with van der Waals surface area (Å²) in [7, 11) is 1.72. The summed E-state index contributed by atoms with van der Waals surface area (Å²) in [5, 5.41) is 6.43. The van der Waals surface area contributed by atoms with Gasteiger partial charge in [-0.25, -0.2) is 4.39 Å². The van der Waals surface area contributed by atoms with Gasteiger partial charge in [0.2, 0.25) is 0 Å². The maximum atomic E-state index is 13.4. The SMILES string of the molecule is CN=C(NCc1ncccc1F)NC1CCCC1.I. The predicted molar refractivity (Wildman–Crippen MR) is 85.2 cm³/mol. The van der Waals surface area contributed by atoms with E-state index in [1.54, 1.807) is 19.3 Å². The van der Waals surface area contributed by atoms with Crippen LogP contribution in [0.5, 0.6) is 0 Å². The zero-order valence-corrected chi connectivity index (χ0v) is 13.4. The highest BCUT2D eigenvalue weighted by Gasteiger charge is 2.15. The molecule has 0 radical (unpaired) electrons. The summed E-state index contributed by atoms with van der Waals surface area (Å²) in [6, 6.07) is 3.49. The average Bonchev–Trinajstić information content (AvgIpc) is 2.89. The number of halogens is 2. The van der Waals surface area contributed by atoms with Crippen LogP contribution in [0.2, 0.25) is 0 Å². The van der Waals surface area contributed by atoms with Crippen molar-refractivity contribution in [3.05, 3.63) is 29.8 Å². The van der Waals surface area contributed by atoms with E-state index in [0.29, 0.717) is 24.2 Å². The lowest BCUT2D eigenvalue weighted by molar-refractivity contribution is 0.584. The molecule has 0 atom stereocenters. The number of aliphatic imine (C=N–C) groups is 1. The Kier molecular flexibility index (Phi) is 7.04. The number of aromatic nitrogens is 1. The third-order valence-corrected chi connectivity index (χ3v) is 3.18. The van der Waals surface area contributed by atoms with Crippen LogP contribution in [-0.4, -0.2) is 24.0 Å². The zero-order chi connectivity index (χ0) is 12.8. The number of nitrogens with zero attached hydrogens (tertiary/aromatic N) is 2. The highest BCUT2D eigenvalue weighted by molar-refractivity contribution is 14.0. The maximum absolute atomic E-state index is 13.4. The molecule has 1 fully saturated rings. The van der Waals surface area contributed by atoms with Crippen molar-refractivity contribution in [2.75, 3.05) is 7.05 Å². The fourth-order valence-electron chi connectivity index (χ4n) is 2.17. The van der Waals surface area contributed by atoms with E-state index in [-0.39, 0.29) is 29.8 Å². The Labute approximate surface area is 130 Å². The van der Waals surface area contributed by atoms with E-state index in [9.17, 15) is 4.39 Å². The largest absolute Gasteiger partial charge is 0.354 e. The second kappa shape index (κ2) is 8.29. The predicted octanol–water partition coefficient (Wildman–Crippen LogP) is 2.45. The Balaban J connectivity index is 0.00000180. The first kappa shape index (κ1) is 16.1. The van der Waals surface area contributed by atoms with Gasteiger partial charge >= 0.3 is 0 Å². The third-order valence-electron chi connectivity index (χ3n) is 3.18. The number of hydrogen-bond donors (Lipinski definition) is 2. The quantitative estimate of drug-likeness (QED) is 0.483. The fraction of sp³-hybridized carbons (Fsp3) is 0.538. The molecule has 2 rings (SSSR count). The van der Waals surface area contributed by atoms with Gasteiger partial charge < -0.3 is 10.6 Å². The summed E-state index contributed by atoms with van der Waals surface area (Å²) in [5.41, 5.74) is 0.409. The van der Waals surface area contributed by atoms with Gasteiger partial charge in [-0.3, -0.25) is 9.98 Å². The molecular weight excluding hydrogens is 358 g/mol. The summed E-state index contributed by atoms with van der Waals surface area (Å²) < 4.78 is 13.4. The van der Waals surface area contributed by atoms with Gasteiger partial charge in [0.05, 0.1) is 12.2 Å². The standard InChI is InChI=1S/C13H19FN4.HI/c1-15-13(18-10-5-2-3-6-10)17-9-12-11(14)7-4-8-16-12;/h4,7-8,10H,2-3,5-6,9H2,1H3,(H2,15,17,18);1H.